The molecule has 2 saturated heterocycles. The van der Waals surface area contributed by atoms with Crippen LogP contribution in [0.1, 0.15) is 37.7 Å². The molecule has 0 N–H and O–H groups in total. The highest BCUT2D eigenvalue weighted by Crippen LogP contribution is 2.24. The average molecular weight is 314 g/mol. The van der Waals surface area contributed by atoms with Gasteiger partial charge in [0, 0.05) is 25.9 Å². The number of piperidine rings is 2. The molecule has 2 aliphatic rings. The summed E-state index contributed by atoms with van der Waals surface area (Å²) in [6, 6.07) is 9.54. The Kier molecular flexibility index (Phi) is 4.74. The fourth-order valence-electron chi connectivity index (χ4n) is 3.32. The number of rotatable bonds is 4. The van der Waals surface area contributed by atoms with Gasteiger partial charge in [-0.2, -0.15) is 0 Å². The molecule has 0 saturated carbocycles. The largest absolute Gasteiger partial charge is 0.342 e. The summed E-state index contributed by atoms with van der Waals surface area (Å²) in [7, 11) is 0. The molecule has 5 nitrogen and oxygen atoms in total. The summed E-state index contributed by atoms with van der Waals surface area (Å²) in [5, 5.41) is 0. The summed E-state index contributed by atoms with van der Waals surface area (Å²) in [5.41, 5.74) is 0.948. The number of amides is 3. The molecule has 0 aromatic heterocycles. The molecule has 0 bridgehead atoms. The first kappa shape index (κ1) is 15.7. The van der Waals surface area contributed by atoms with Gasteiger partial charge in [-0.1, -0.05) is 30.3 Å². The Labute approximate surface area is 136 Å². The minimum Gasteiger partial charge on any atom is -0.342 e. The van der Waals surface area contributed by atoms with Crippen molar-refractivity contribution in [1.29, 1.82) is 0 Å². The van der Waals surface area contributed by atoms with E-state index in [2.05, 4.69) is 0 Å². The average Bonchev–Trinajstić information content (AvgIpc) is 2.57. The van der Waals surface area contributed by atoms with Crippen LogP contribution in [0.5, 0.6) is 0 Å². The Morgan fingerprint density at radius 1 is 0.957 bits per heavy atom. The predicted molar refractivity (Wildman–Crippen MR) is 85.2 cm³/mol. The van der Waals surface area contributed by atoms with E-state index in [1.807, 2.05) is 30.3 Å². The van der Waals surface area contributed by atoms with Gasteiger partial charge in [0.2, 0.25) is 17.7 Å². The molecule has 2 heterocycles. The lowest BCUT2D eigenvalue weighted by atomic mass is 9.94. The highest BCUT2D eigenvalue weighted by Gasteiger charge is 2.36. The Balaban J connectivity index is 1.67. The van der Waals surface area contributed by atoms with Crippen molar-refractivity contribution in [2.75, 3.05) is 13.1 Å². The van der Waals surface area contributed by atoms with Crippen LogP contribution < -0.4 is 0 Å². The van der Waals surface area contributed by atoms with Crippen LogP contribution in [0.2, 0.25) is 0 Å². The number of hydrogen-bond donors (Lipinski definition) is 0. The van der Waals surface area contributed by atoms with Gasteiger partial charge in [0.1, 0.15) is 0 Å². The first-order valence-corrected chi connectivity index (χ1v) is 8.31. The summed E-state index contributed by atoms with van der Waals surface area (Å²) in [6.07, 6.45) is 3.44. The van der Waals surface area contributed by atoms with Crippen molar-refractivity contribution in [3.8, 4) is 0 Å². The quantitative estimate of drug-likeness (QED) is 0.798. The summed E-state index contributed by atoms with van der Waals surface area (Å²) in [6.45, 7) is 1.51. The van der Waals surface area contributed by atoms with E-state index in [4.69, 9.17) is 0 Å². The van der Waals surface area contributed by atoms with E-state index < -0.39 is 0 Å². The summed E-state index contributed by atoms with van der Waals surface area (Å²) in [4.78, 5) is 39.9. The summed E-state index contributed by atoms with van der Waals surface area (Å²) < 4.78 is 0. The van der Waals surface area contributed by atoms with E-state index in [0.717, 1.165) is 24.9 Å². The molecule has 23 heavy (non-hydrogen) atoms. The van der Waals surface area contributed by atoms with E-state index in [1.54, 1.807) is 4.90 Å². The molecule has 0 radical (unpaired) electrons. The third-order valence-electron chi connectivity index (χ3n) is 4.67. The molecule has 2 aliphatic heterocycles. The number of likely N-dealkylation sites (tertiary alicyclic amines) is 2. The zero-order chi connectivity index (χ0) is 16.2. The highest BCUT2D eigenvalue weighted by atomic mass is 16.2. The third-order valence-corrected chi connectivity index (χ3v) is 4.67. The van der Waals surface area contributed by atoms with Crippen LogP contribution in [-0.2, 0) is 20.9 Å². The fourth-order valence-corrected chi connectivity index (χ4v) is 3.32. The van der Waals surface area contributed by atoms with Crippen LogP contribution >= 0.6 is 0 Å². The first-order valence-electron chi connectivity index (χ1n) is 8.31. The zero-order valence-corrected chi connectivity index (χ0v) is 13.2. The second kappa shape index (κ2) is 6.94. The van der Waals surface area contributed by atoms with Crippen LogP contribution in [0.4, 0.5) is 0 Å². The normalized spacial score (nSPS) is 22.6. The van der Waals surface area contributed by atoms with Gasteiger partial charge in [0.05, 0.1) is 12.5 Å². The van der Waals surface area contributed by atoms with Gasteiger partial charge in [0.15, 0.2) is 0 Å². The maximum absolute atomic E-state index is 12.7. The van der Waals surface area contributed by atoms with Crippen LogP contribution in [0.3, 0.4) is 0 Å². The van der Waals surface area contributed by atoms with Crippen molar-refractivity contribution >= 4 is 17.7 Å². The van der Waals surface area contributed by atoms with E-state index in [1.165, 1.54) is 4.90 Å². The lowest BCUT2D eigenvalue weighted by Crippen LogP contribution is -2.49. The molecule has 5 heteroatoms. The second-order valence-corrected chi connectivity index (χ2v) is 6.34. The number of nitrogens with zero attached hydrogens (tertiary/aromatic N) is 2. The van der Waals surface area contributed by atoms with Gasteiger partial charge in [-0.3, -0.25) is 19.3 Å². The van der Waals surface area contributed by atoms with Crippen molar-refractivity contribution in [1.82, 2.24) is 9.80 Å². The van der Waals surface area contributed by atoms with Gasteiger partial charge < -0.3 is 4.90 Å². The van der Waals surface area contributed by atoms with Gasteiger partial charge in [-0.25, -0.2) is 0 Å². The van der Waals surface area contributed by atoms with E-state index in [9.17, 15) is 14.4 Å². The molecule has 1 atom stereocenters. The van der Waals surface area contributed by atoms with Crippen molar-refractivity contribution in [3.63, 3.8) is 0 Å². The second-order valence-electron chi connectivity index (χ2n) is 6.34. The smallest absolute Gasteiger partial charge is 0.234 e. The molecule has 1 aromatic rings. The number of benzene rings is 1. The van der Waals surface area contributed by atoms with Gasteiger partial charge in [-0.15, -0.1) is 0 Å². The first-order chi connectivity index (χ1) is 11.1. The third kappa shape index (κ3) is 3.60. The van der Waals surface area contributed by atoms with Crippen molar-refractivity contribution in [3.05, 3.63) is 35.9 Å². The van der Waals surface area contributed by atoms with Crippen LogP contribution in [0, 0.1) is 5.92 Å². The monoisotopic (exact) mass is 314 g/mol. The van der Waals surface area contributed by atoms with E-state index in [0.29, 0.717) is 32.4 Å². The highest BCUT2D eigenvalue weighted by molar-refractivity contribution is 5.99. The predicted octanol–water partition coefficient (Wildman–Crippen LogP) is 1.96. The Hall–Kier alpha value is -2.17. The Morgan fingerprint density at radius 3 is 2.48 bits per heavy atom. The minimum absolute atomic E-state index is 0.111. The molecule has 1 aromatic carbocycles. The molecule has 2 fully saturated rings. The van der Waals surface area contributed by atoms with E-state index >= 15 is 0 Å². The summed E-state index contributed by atoms with van der Waals surface area (Å²) >= 11 is 0. The molecule has 0 spiro atoms. The molecule has 122 valence electrons. The molecule has 0 unspecified atom stereocenters. The van der Waals surface area contributed by atoms with Crippen LogP contribution in [0.15, 0.2) is 30.3 Å². The SMILES string of the molecule is O=C1CCCCN1C[C@@H]1CCC(=O)N(Cc2ccccc2)C1=O. The number of carbonyl (C=O) groups is 3. The number of imide groups is 1. The topological polar surface area (TPSA) is 57.7 Å². The van der Waals surface area contributed by atoms with Crippen LogP contribution in [0.25, 0.3) is 0 Å². The zero-order valence-electron chi connectivity index (χ0n) is 13.2. The molecule has 3 amide bonds. The summed E-state index contributed by atoms with van der Waals surface area (Å²) in [5.74, 6) is -0.363. The number of hydrogen-bond acceptors (Lipinski definition) is 3. The van der Waals surface area contributed by atoms with Gasteiger partial charge in [0.25, 0.3) is 0 Å². The molecular formula is C18H22N2O3. The Bertz CT molecular complexity index is 600. The lowest BCUT2D eigenvalue weighted by Gasteiger charge is -2.35. The lowest BCUT2D eigenvalue weighted by molar-refractivity contribution is -0.153. The van der Waals surface area contributed by atoms with E-state index in [-0.39, 0.29) is 23.6 Å². The molecule has 0 aliphatic carbocycles. The minimum atomic E-state index is -0.251. The maximum atomic E-state index is 12.7. The number of carbonyl (C=O) groups excluding carboxylic acids is 3. The maximum Gasteiger partial charge on any atom is 0.234 e. The van der Waals surface area contributed by atoms with Gasteiger partial charge >= 0.3 is 0 Å². The van der Waals surface area contributed by atoms with Crippen LogP contribution in [-0.4, -0.2) is 40.6 Å². The van der Waals surface area contributed by atoms with Crippen molar-refractivity contribution in [2.24, 2.45) is 5.92 Å². The molecule has 3 rings (SSSR count). The molecular weight excluding hydrogens is 292 g/mol. The van der Waals surface area contributed by atoms with Crippen molar-refractivity contribution < 1.29 is 14.4 Å². The fraction of sp³-hybridized carbons (Fsp3) is 0.500. The standard InChI is InChI=1S/C18H22N2O3/c21-16-8-4-5-11-19(16)13-15-9-10-17(22)20(18(15)23)12-14-6-2-1-3-7-14/h1-3,6-7,15H,4-5,8-13H2/t15-/m0/s1. The van der Waals surface area contributed by atoms with Crippen molar-refractivity contribution in [2.45, 2.75) is 38.6 Å². The Morgan fingerprint density at radius 2 is 1.74 bits per heavy atom. The van der Waals surface area contributed by atoms with Gasteiger partial charge in [-0.05, 0) is 24.8 Å².